The van der Waals surface area contributed by atoms with Gasteiger partial charge in [0.15, 0.2) is 0 Å². The van der Waals surface area contributed by atoms with Gasteiger partial charge in [0.25, 0.3) is 5.91 Å². The van der Waals surface area contributed by atoms with Crippen LogP contribution in [0.5, 0.6) is 11.6 Å². The summed E-state index contributed by atoms with van der Waals surface area (Å²) in [6.45, 7) is 1.13. The molecule has 5 heteroatoms. The summed E-state index contributed by atoms with van der Waals surface area (Å²) in [5, 5.41) is 0. The minimum atomic E-state index is -0.0283. The minimum absolute atomic E-state index is 0.0283. The minimum Gasteiger partial charge on any atom is -0.439 e. The second kappa shape index (κ2) is 6.12. The molecule has 3 aromatic rings. The molecule has 118 valence electrons. The van der Waals surface area contributed by atoms with Gasteiger partial charge in [-0.2, -0.15) is 0 Å². The van der Waals surface area contributed by atoms with Gasteiger partial charge in [-0.25, -0.2) is 4.98 Å². The summed E-state index contributed by atoms with van der Waals surface area (Å²) in [4.78, 5) is 23.0. The van der Waals surface area contributed by atoms with Crippen molar-refractivity contribution < 1.29 is 9.53 Å². The summed E-state index contributed by atoms with van der Waals surface area (Å²) in [5.74, 6) is 1.06. The molecule has 1 aliphatic heterocycles. The van der Waals surface area contributed by atoms with Crippen LogP contribution in [0, 0.1) is 0 Å². The normalized spacial score (nSPS) is 12.8. The number of ether oxygens (including phenoxy) is 1. The third-order valence-electron chi connectivity index (χ3n) is 3.91. The van der Waals surface area contributed by atoms with E-state index in [9.17, 15) is 4.79 Å². The highest BCUT2D eigenvalue weighted by Gasteiger charge is 2.25. The van der Waals surface area contributed by atoms with E-state index in [1.165, 1.54) is 0 Å². The summed E-state index contributed by atoms with van der Waals surface area (Å²) in [5.41, 5.74) is 2.66. The van der Waals surface area contributed by atoms with E-state index in [1.807, 2.05) is 36.4 Å². The highest BCUT2D eigenvalue weighted by molar-refractivity contribution is 5.94. The SMILES string of the molecule is O=C(c1cccc(Oc2ccccn2)c1)N1Cc2cccnc2C1. The number of hydrogen-bond acceptors (Lipinski definition) is 4. The van der Waals surface area contributed by atoms with Crippen molar-refractivity contribution >= 4 is 5.91 Å². The van der Waals surface area contributed by atoms with Crippen molar-refractivity contribution in [1.29, 1.82) is 0 Å². The number of amides is 1. The largest absolute Gasteiger partial charge is 0.439 e. The first-order valence-corrected chi connectivity index (χ1v) is 7.70. The van der Waals surface area contributed by atoms with Crippen LogP contribution < -0.4 is 4.74 Å². The molecule has 0 radical (unpaired) electrons. The maximum atomic E-state index is 12.7. The van der Waals surface area contributed by atoms with Crippen LogP contribution in [0.25, 0.3) is 0 Å². The molecular formula is C19H15N3O2. The number of carbonyl (C=O) groups is 1. The Hall–Kier alpha value is -3.21. The zero-order chi connectivity index (χ0) is 16.4. The van der Waals surface area contributed by atoms with Crippen molar-refractivity contribution in [2.24, 2.45) is 0 Å². The molecule has 0 saturated heterocycles. The van der Waals surface area contributed by atoms with Gasteiger partial charge in [0.1, 0.15) is 5.75 Å². The third kappa shape index (κ3) is 2.84. The van der Waals surface area contributed by atoms with E-state index in [0.29, 0.717) is 30.3 Å². The van der Waals surface area contributed by atoms with E-state index >= 15 is 0 Å². The first-order chi connectivity index (χ1) is 11.8. The third-order valence-corrected chi connectivity index (χ3v) is 3.91. The Morgan fingerprint density at radius 3 is 2.71 bits per heavy atom. The standard InChI is InChI=1S/C19H15N3O2/c23-19(22-12-15-6-4-10-20-17(15)13-22)14-5-3-7-16(11-14)24-18-8-1-2-9-21-18/h1-11H,12-13H2. The molecule has 1 aromatic carbocycles. The van der Waals surface area contributed by atoms with Gasteiger partial charge in [0.05, 0.1) is 12.2 Å². The predicted octanol–water partition coefficient (Wildman–Crippen LogP) is 3.42. The number of benzene rings is 1. The molecule has 0 bridgehead atoms. The summed E-state index contributed by atoms with van der Waals surface area (Å²) < 4.78 is 5.70. The van der Waals surface area contributed by atoms with Gasteiger partial charge < -0.3 is 9.64 Å². The van der Waals surface area contributed by atoms with Gasteiger partial charge in [0, 0.05) is 30.6 Å². The molecule has 0 atom stereocenters. The van der Waals surface area contributed by atoms with Crippen molar-refractivity contribution in [3.05, 3.63) is 83.8 Å². The Morgan fingerprint density at radius 1 is 0.958 bits per heavy atom. The number of pyridine rings is 2. The number of rotatable bonds is 3. The molecule has 0 spiro atoms. The van der Waals surface area contributed by atoms with E-state index in [0.717, 1.165) is 11.3 Å². The van der Waals surface area contributed by atoms with Crippen molar-refractivity contribution in [1.82, 2.24) is 14.9 Å². The lowest BCUT2D eigenvalue weighted by Crippen LogP contribution is -2.25. The van der Waals surface area contributed by atoms with Crippen LogP contribution in [-0.4, -0.2) is 20.8 Å². The average molecular weight is 317 g/mol. The molecule has 1 aliphatic rings. The second-order valence-electron chi connectivity index (χ2n) is 5.57. The number of aromatic nitrogens is 2. The van der Waals surface area contributed by atoms with Gasteiger partial charge in [-0.1, -0.05) is 18.2 Å². The van der Waals surface area contributed by atoms with Gasteiger partial charge in [0.2, 0.25) is 5.88 Å². The van der Waals surface area contributed by atoms with Gasteiger partial charge in [-0.05, 0) is 35.9 Å². The quantitative estimate of drug-likeness (QED) is 0.742. The number of fused-ring (bicyclic) bond motifs is 1. The Balaban J connectivity index is 1.53. The first kappa shape index (κ1) is 14.4. The van der Waals surface area contributed by atoms with Crippen LogP contribution >= 0.6 is 0 Å². The monoisotopic (exact) mass is 317 g/mol. The molecule has 24 heavy (non-hydrogen) atoms. The molecule has 4 rings (SSSR count). The van der Waals surface area contributed by atoms with Gasteiger partial charge >= 0.3 is 0 Å². The summed E-state index contributed by atoms with van der Waals surface area (Å²) in [6.07, 6.45) is 3.42. The van der Waals surface area contributed by atoms with E-state index in [4.69, 9.17) is 4.74 Å². The number of nitrogens with zero attached hydrogens (tertiary/aromatic N) is 3. The second-order valence-corrected chi connectivity index (χ2v) is 5.57. The Bertz CT molecular complexity index is 856. The van der Waals surface area contributed by atoms with Crippen LogP contribution in [0.4, 0.5) is 0 Å². The fraction of sp³-hybridized carbons (Fsp3) is 0.105. The van der Waals surface area contributed by atoms with Crippen LogP contribution in [0.1, 0.15) is 21.6 Å². The molecule has 1 amide bonds. The summed E-state index contributed by atoms with van der Waals surface area (Å²) >= 11 is 0. The first-order valence-electron chi connectivity index (χ1n) is 7.70. The fourth-order valence-corrected chi connectivity index (χ4v) is 2.75. The Kier molecular flexibility index (Phi) is 3.67. The van der Waals surface area contributed by atoms with E-state index in [-0.39, 0.29) is 5.91 Å². The Morgan fingerprint density at radius 2 is 1.88 bits per heavy atom. The predicted molar refractivity (Wildman–Crippen MR) is 88.6 cm³/mol. The van der Waals surface area contributed by atoms with Gasteiger partial charge in [-0.3, -0.25) is 9.78 Å². The summed E-state index contributed by atoms with van der Waals surface area (Å²) in [6, 6.07) is 16.5. The van der Waals surface area contributed by atoms with Gasteiger partial charge in [-0.15, -0.1) is 0 Å². The van der Waals surface area contributed by atoms with E-state index in [2.05, 4.69) is 9.97 Å². The molecule has 0 aliphatic carbocycles. The Labute approximate surface area is 139 Å². The van der Waals surface area contributed by atoms with Crippen LogP contribution in [0.2, 0.25) is 0 Å². The maximum absolute atomic E-state index is 12.7. The number of carbonyl (C=O) groups excluding carboxylic acids is 1. The molecule has 0 fully saturated rings. The molecular weight excluding hydrogens is 302 g/mol. The van der Waals surface area contributed by atoms with Crippen molar-refractivity contribution in [2.75, 3.05) is 0 Å². The van der Waals surface area contributed by atoms with Crippen molar-refractivity contribution in [3.8, 4) is 11.6 Å². The molecule has 5 nitrogen and oxygen atoms in total. The van der Waals surface area contributed by atoms with Crippen LogP contribution in [0.15, 0.2) is 67.0 Å². The van der Waals surface area contributed by atoms with Crippen molar-refractivity contribution in [3.63, 3.8) is 0 Å². The maximum Gasteiger partial charge on any atom is 0.254 e. The highest BCUT2D eigenvalue weighted by Crippen LogP contribution is 2.25. The smallest absolute Gasteiger partial charge is 0.254 e. The van der Waals surface area contributed by atoms with Crippen LogP contribution in [0.3, 0.4) is 0 Å². The zero-order valence-corrected chi connectivity index (χ0v) is 12.9. The highest BCUT2D eigenvalue weighted by atomic mass is 16.5. The average Bonchev–Trinajstić information content (AvgIpc) is 3.06. The zero-order valence-electron chi connectivity index (χ0n) is 12.9. The van der Waals surface area contributed by atoms with E-state index in [1.54, 1.807) is 35.5 Å². The van der Waals surface area contributed by atoms with Crippen molar-refractivity contribution in [2.45, 2.75) is 13.1 Å². The molecule has 0 unspecified atom stereocenters. The number of hydrogen-bond donors (Lipinski definition) is 0. The van der Waals surface area contributed by atoms with Crippen LogP contribution in [-0.2, 0) is 13.1 Å². The molecule has 3 heterocycles. The molecule has 0 saturated carbocycles. The molecule has 0 N–H and O–H groups in total. The lowest BCUT2D eigenvalue weighted by Gasteiger charge is -2.15. The fourth-order valence-electron chi connectivity index (χ4n) is 2.75. The molecule has 2 aromatic heterocycles. The van der Waals surface area contributed by atoms with E-state index < -0.39 is 0 Å². The summed E-state index contributed by atoms with van der Waals surface area (Å²) in [7, 11) is 0. The lowest BCUT2D eigenvalue weighted by molar-refractivity contribution is 0.0750. The lowest BCUT2D eigenvalue weighted by atomic mass is 10.2. The topological polar surface area (TPSA) is 55.3 Å².